The summed E-state index contributed by atoms with van der Waals surface area (Å²) in [6.45, 7) is 1.22. The molecule has 0 saturated carbocycles. The van der Waals surface area contributed by atoms with Crippen LogP contribution in [0.25, 0.3) is 0 Å². The Morgan fingerprint density at radius 1 is 0.971 bits per heavy atom. The topological polar surface area (TPSA) is 47.9 Å². The molecule has 0 spiro atoms. The van der Waals surface area contributed by atoms with Crippen LogP contribution >= 0.6 is 12.2 Å². The predicted octanol–water partition coefficient (Wildman–Crippen LogP) is 5.33. The molecule has 0 radical (unpaired) electrons. The molecule has 2 heterocycles. The Hall–Kier alpha value is -3.40. The quantitative estimate of drug-likeness (QED) is 0.487. The minimum absolute atomic E-state index is 0.268. The maximum absolute atomic E-state index is 13.2. The van der Waals surface area contributed by atoms with E-state index in [2.05, 4.69) is 9.88 Å². The van der Waals surface area contributed by atoms with E-state index in [9.17, 15) is 13.2 Å². The summed E-state index contributed by atoms with van der Waals surface area (Å²) >= 11 is 5.68. The van der Waals surface area contributed by atoms with Gasteiger partial charge in [-0.25, -0.2) is 0 Å². The number of hydrogen-bond donors (Lipinski definition) is 1. The first-order valence-corrected chi connectivity index (χ1v) is 10.9. The van der Waals surface area contributed by atoms with Crippen molar-refractivity contribution in [3.05, 3.63) is 71.5 Å². The number of ether oxygens (including phenoxy) is 3. The number of alkyl halides is 3. The molecule has 1 atom stereocenters. The van der Waals surface area contributed by atoms with E-state index in [1.54, 1.807) is 20.3 Å². The van der Waals surface area contributed by atoms with Crippen LogP contribution in [0.15, 0.2) is 54.7 Å². The van der Waals surface area contributed by atoms with Gasteiger partial charge >= 0.3 is 6.18 Å². The van der Waals surface area contributed by atoms with Crippen LogP contribution in [0.2, 0.25) is 0 Å². The Morgan fingerprint density at radius 3 is 2.29 bits per heavy atom. The molecule has 1 N–H and O–H groups in total. The fourth-order valence-electron chi connectivity index (χ4n) is 4.18. The van der Waals surface area contributed by atoms with Gasteiger partial charge in [0.05, 0.1) is 32.9 Å². The van der Waals surface area contributed by atoms with Crippen molar-refractivity contribution in [2.75, 3.05) is 33.2 Å². The van der Waals surface area contributed by atoms with Gasteiger partial charge in [-0.2, -0.15) is 13.2 Å². The average Bonchev–Trinajstić information content (AvgIpc) is 3.31. The zero-order chi connectivity index (χ0) is 24.5. The largest absolute Gasteiger partial charge is 0.493 e. The van der Waals surface area contributed by atoms with E-state index in [-0.39, 0.29) is 11.7 Å². The number of methoxy groups -OCH3 is 3. The van der Waals surface area contributed by atoms with Crippen molar-refractivity contribution in [2.24, 2.45) is 0 Å². The molecule has 4 rings (SSSR count). The molecule has 180 valence electrons. The molecule has 3 aromatic rings. The van der Waals surface area contributed by atoms with Gasteiger partial charge in [-0.15, -0.1) is 0 Å². The summed E-state index contributed by atoms with van der Waals surface area (Å²) in [5.74, 6) is 1.46. The highest BCUT2D eigenvalue weighted by atomic mass is 32.1. The Labute approximate surface area is 200 Å². The van der Waals surface area contributed by atoms with Gasteiger partial charge in [0.2, 0.25) is 5.75 Å². The number of aromatic nitrogens is 1. The van der Waals surface area contributed by atoms with Gasteiger partial charge in [0.1, 0.15) is 0 Å². The Kier molecular flexibility index (Phi) is 6.60. The number of hydrogen-bond acceptors (Lipinski definition) is 4. The maximum Gasteiger partial charge on any atom is 0.416 e. The standard InChI is InChI=1S/C24H24F3N3O3S/c1-31-19-12-15(13-20(32-2)22(19)33-3)21-18-8-5-9-29(18)10-11-30(21)23(34)28-17-7-4-6-16(14-17)24(25,26)27/h4-9,12-14,21H,10-11H2,1-3H3,(H,28,34)/t21-/m1/s1. The van der Waals surface area contributed by atoms with E-state index in [0.29, 0.717) is 35.5 Å². The molecule has 0 fully saturated rings. The average molecular weight is 492 g/mol. The number of benzene rings is 2. The lowest BCUT2D eigenvalue weighted by Crippen LogP contribution is -2.44. The molecule has 0 saturated heterocycles. The van der Waals surface area contributed by atoms with Crippen molar-refractivity contribution in [1.82, 2.24) is 9.47 Å². The van der Waals surface area contributed by atoms with E-state index in [1.807, 2.05) is 35.4 Å². The van der Waals surface area contributed by atoms with Crippen LogP contribution < -0.4 is 19.5 Å². The van der Waals surface area contributed by atoms with Gasteiger partial charge in [0, 0.05) is 30.7 Å². The number of nitrogens with one attached hydrogen (secondary N) is 1. The van der Waals surface area contributed by atoms with E-state index in [4.69, 9.17) is 26.4 Å². The smallest absolute Gasteiger partial charge is 0.416 e. The van der Waals surface area contributed by atoms with Crippen molar-refractivity contribution in [3.8, 4) is 17.2 Å². The second-order valence-electron chi connectivity index (χ2n) is 7.69. The monoisotopic (exact) mass is 491 g/mol. The second-order valence-corrected chi connectivity index (χ2v) is 8.08. The first kappa shape index (κ1) is 23.7. The summed E-state index contributed by atoms with van der Waals surface area (Å²) < 4.78 is 58.1. The van der Waals surface area contributed by atoms with Crippen molar-refractivity contribution in [2.45, 2.75) is 18.8 Å². The number of rotatable bonds is 5. The summed E-state index contributed by atoms with van der Waals surface area (Å²) in [6.07, 6.45) is -2.45. The number of fused-ring (bicyclic) bond motifs is 1. The Bertz CT molecular complexity index is 1170. The van der Waals surface area contributed by atoms with Crippen molar-refractivity contribution in [1.29, 1.82) is 0 Å². The molecule has 0 amide bonds. The lowest BCUT2D eigenvalue weighted by Gasteiger charge is -2.39. The first-order valence-electron chi connectivity index (χ1n) is 10.5. The molecule has 2 aromatic carbocycles. The highest BCUT2D eigenvalue weighted by molar-refractivity contribution is 7.80. The lowest BCUT2D eigenvalue weighted by atomic mass is 9.99. The number of halogens is 3. The summed E-state index contributed by atoms with van der Waals surface area (Å²) in [5, 5.41) is 3.30. The van der Waals surface area contributed by atoms with Crippen molar-refractivity contribution in [3.63, 3.8) is 0 Å². The van der Waals surface area contributed by atoms with Gasteiger partial charge in [0.15, 0.2) is 16.6 Å². The van der Waals surface area contributed by atoms with Crippen LogP contribution in [0.3, 0.4) is 0 Å². The molecule has 0 bridgehead atoms. The van der Waals surface area contributed by atoms with E-state index >= 15 is 0 Å². The maximum atomic E-state index is 13.2. The van der Waals surface area contributed by atoms with Crippen LogP contribution in [0.5, 0.6) is 17.2 Å². The van der Waals surface area contributed by atoms with E-state index < -0.39 is 11.7 Å². The molecule has 1 aliphatic rings. The summed E-state index contributed by atoms with van der Waals surface area (Å²) in [7, 11) is 4.62. The molecule has 0 aliphatic carbocycles. The SMILES string of the molecule is COc1cc([C@@H]2c3cccn3CCN2C(=S)Nc2cccc(C(F)(F)F)c2)cc(OC)c1OC. The molecule has 1 aromatic heterocycles. The van der Waals surface area contributed by atoms with Gasteiger partial charge in [-0.05, 0) is 60.2 Å². The third-order valence-corrected chi connectivity index (χ3v) is 6.08. The summed E-state index contributed by atoms with van der Waals surface area (Å²) in [6, 6.07) is 12.3. The molecule has 34 heavy (non-hydrogen) atoms. The minimum Gasteiger partial charge on any atom is -0.493 e. The van der Waals surface area contributed by atoms with Crippen LogP contribution in [-0.2, 0) is 12.7 Å². The molecule has 6 nitrogen and oxygen atoms in total. The fourth-order valence-corrected chi connectivity index (χ4v) is 4.50. The number of thiocarbonyl (C=S) groups is 1. The zero-order valence-corrected chi connectivity index (χ0v) is 19.7. The van der Waals surface area contributed by atoms with Crippen LogP contribution in [0.1, 0.15) is 22.9 Å². The normalized spacial score (nSPS) is 15.5. The number of anilines is 1. The zero-order valence-electron chi connectivity index (χ0n) is 18.8. The molecule has 1 aliphatic heterocycles. The highest BCUT2D eigenvalue weighted by Crippen LogP contribution is 2.43. The second kappa shape index (κ2) is 9.46. The predicted molar refractivity (Wildman–Crippen MR) is 127 cm³/mol. The van der Waals surface area contributed by atoms with Gasteiger partial charge < -0.3 is 29.0 Å². The summed E-state index contributed by atoms with van der Waals surface area (Å²) in [4.78, 5) is 1.95. The van der Waals surface area contributed by atoms with Crippen LogP contribution in [-0.4, -0.2) is 42.5 Å². The highest BCUT2D eigenvalue weighted by Gasteiger charge is 2.33. The van der Waals surface area contributed by atoms with Gasteiger partial charge in [-0.1, -0.05) is 6.07 Å². The third-order valence-electron chi connectivity index (χ3n) is 5.74. The molecular formula is C24H24F3N3O3S. The van der Waals surface area contributed by atoms with Crippen molar-refractivity contribution < 1.29 is 27.4 Å². The Morgan fingerprint density at radius 2 is 1.68 bits per heavy atom. The summed E-state index contributed by atoms with van der Waals surface area (Å²) in [5.41, 5.74) is 1.34. The molecular weight excluding hydrogens is 467 g/mol. The van der Waals surface area contributed by atoms with E-state index in [0.717, 1.165) is 23.4 Å². The lowest BCUT2D eigenvalue weighted by molar-refractivity contribution is -0.137. The van der Waals surface area contributed by atoms with Gasteiger partial charge in [-0.3, -0.25) is 0 Å². The Balaban J connectivity index is 1.73. The first-order chi connectivity index (χ1) is 16.3. The molecule has 10 heteroatoms. The number of nitrogens with zero attached hydrogens (tertiary/aromatic N) is 2. The minimum atomic E-state index is -4.44. The van der Waals surface area contributed by atoms with Crippen molar-refractivity contribution >= 4 is 23.0 Å². The third kappa shape index (κ3) is 4.50. The van der Waals surface area contributed by atoms with Gasteiger partial charge in [0.25, 0.3) is 0 Å². The van der Waals surface area contributed by atoms with Crippen LogP contribution in [0.4, 0.5) is 18.9 Å². The van der Waals surface area contributed by atoms with E-state index in [1.165, 1.54) is 13.2 Å². The molecule has 0 unspecified atom stereocenters. The fraction of sp³-hybridized carbons (Fsp3) is 0.292. The van der Waals surface area contributed by atoms with Crippen LogP contribution in [0, 0.1) is 0 Å².